The van der Waals surface area contributed by atoms with Crippen molar-refractivity contribution in [2.45, 2.75) is 19.4 Å². The van der Waals surface area contributed by atoms with Crippen molar-refractivity contribution in [2.24, 2.45) is 0 Å². The number of aliphatic hydroxyl groups is 1. The quantitative estimate of drug-likeness (QED) is 0.921. The summed E-state index contributed by atoms with van der Waals surface area (Å²) in [5.74, 6) is 0.817. The summed E-state index contributed by atoms with van der Waals surface area (Å²) in [5, 5.41) is 10.4. The van der Waals surface area contributed by atoms with Crippen molar-refractivity contribution < 1.29 is 9.84 Å². The van der Waals surface area contributed by atoms with E-state index < -0.39 is 6.10 Å². The van der Waals surface area contributed by atoms with E-state index in [1.807, 2.05) is 49.4 Å². The van der Waals surface area contributed by atoms with E-state index in [0.29, 0.717) is 6.42 Å². The number of rotatable bonds is 4. The predicted octanol–water partition coefficient (Wildman–Crippen LogP) is 4.04. The molecule has 0 amide bonds. The number of methoxy groups -OCH3 is 1. The molecule has 0 aliphatic heterocycles. The highest BCUT2D eigenvalue weighted by molar-refractivity contribution is 9.10. The van der Waals surface area contributed by atoms with Crippen molar-refractivity contribution in [3.05, 3.63) is 63.6 Å². The van der Waals surface area contributed by atoms with Gasteiger partial charge in [-0.05, 0) is 47.9 Å². The van der Waals surface area contributed by atoms with Crippen molar-refractivity contribution in [3.63, 3.8) is 0 Å². The first kappa shape index (κ1) is 14.1. The van der Waals surface area contributed by atoms with Crippen LogP contribution in [0, 0.1) is 6.92 Å². The molecule has 2 rings (SSSR count). The minimum Gasteiger partial charge on any atom is -0.497 e. The number of aryl methyl sites for hydroxylation is 1. The molecule has 1 atom stereocenters. The average Bonchev–Trinajstić information content (AvgIpc) is 2.38. The predicted molar refractivity (Wildman–Crippen MR) is 80.5 cm³/mol. The summed E-state index contributed by atoms with van der Waals surface area (Å²) in [4.78, 5) is 0. The monoisotopic (exact) mass is 320 g/mol. The number of halogens is 1. The van der Waals surface area contributed by atoms with Crippen LogP contribution in [0.3, 0.4) is 0 Å². The van der Waals surface area contributed by atoms with Gasteiger partial charge in [-0.2, -0.15) is 0 Å². The van der Waals surface area contributed by atoms with Crippen molar-refractivity contribution in [3.8, 4) is 5.75 Å². The Kier molecular flexibility index (Phi) is 4.61. The second-order valence-electron chi connectivity index (χ2n) is 4.57. The Labute approximate surface area is 122 Å². The van der Waals surface area contributed by atoms with E-state index in [9.17, 15) is 5.11 Å². The van der Waals surface area contributed by atoms with Gasteiger partial charge in [0.2, 0.25) is 0 Å². The van der Waals surface area contributed by atoms with Gasteiger partial charge in [0.15, 0.2) is 0 Å². The molecule has 100 valence electrons. The van der Waals surface area contributed by atoms with Crippen LogP contribution in [0.1, 0.15) is 22.8 Å². The highest BCUT2D eigenvalue weighted by Crippen LogP contribution is 2.25. The molecule has 0 aliphatic carbocycles. The second kappa shape index (κ2) is 6.22. The van der Waals surface area contributed by atoms with Crippen molar-refractivity contribution in [1.29, 1.82) is 0 Å². The van der Waals surface area contributed by atoms with E-state index in [0.717, 1.165) is 26.9 Å². The summed E-state index contributed by atoms with van der Waals surface area (Å²) < 4.78 is 6.22. The van der Waals surface area contributed by atoms with Gasteiger partial charge in [-0.3, -0.25) is 0 Å². The largest absolute Gasteiger partial charge is 0.497 e. The third-order valence-electron chi connectivity index (χ3n) is 3.15. The van der Waals surface area contributed by atoms with E-state index >= 15 is 0 Å². The zero-order chi connectivity index (χ0) is 13.8. The van der Waals surface area contributed by atoms with Crippen LogP contribution >= 0.6 is 15.9 Å². The van der Waals surface area contributed by atoms with Crippen LogP contribution in [0.5, 0.6) is 5.75 Å². The number of benzene rings is 2. The fourth-order valence-corrected chi connectivity index (χ4v) is 2.62. The zero-order valence-electron chi connectivity index (χ0n) is 11.1. The molecule has 0 fully saturated rings. The maximum atomic E-state index is 10.4. The maximum absolute atomic E-state index is 10.4. The third kappa shape index (κ3) is 3.58. The van der Waals surface area contributed by atoms with Crippen molar-refractivity contribution in [2.75, 3.05) is 7.11 Å². The maximum Gasteiger partial charge on any atom is 0.119 e. The second-order valence-corrected chi connectivity index (χ2v) is 5.49. The smallest absolute Gasteiger partial charge is 0.119 e. The van der Waals surface area contributed by atoms with Crippen LogP contribution in [0.25, 0.3) is 0 Å². The molecule has 3 heteroatoms. The number of ether oxygens (including phenoxy) is 1. The molecule has 0 saturated heterocycles. The van der Waals surface area contributed by atoms with Crippen LogP contribution in [-0.2, 0) is 6.42 Å². The summed E-state index contributed by atoms with van der Waals surface area (Å²) in [6.45, 7) is 2.01. The van der Waals surface area contributed by atoms with Gasteiger partial charge in [0.1, 0.15) is 5.75 Å². The van der Waals surface area contributed by atoms with Crippen molar-refractivity contribution >= 4 is 15.9 Å². The number of hydrogen-bond acceptors (Lipinski definition) is 2. The van der Waals surface area contributed by atoms with Crippen molar-refractivity contribution in [1.82, 2.24) is 0 Å². The van der Waals surface area contributed by atoms with Crippen LogP contribution < -0.4 is 4.74 Å². The SMILES string of the molecule is COc1cccc(CC(O)c2ccc(Br)cc2C)c1. The van der Waals surface area contributed by atoms with Gasteiger partial charge in [-0.25, -0.2) is 0 Å². The van der Waals surface area contributed by atoms with E-state index in [4.69, 9.17) is 4.74 Å². The lowest BCUT2D eigenvalue weighted by atomic mass is 9.98. The molecule has 19 heavy (non-hydrogen) atoms. The molecule has 0 spiro atoms. The molecule has 2 aromatic carbocycles. The molecule has 0 bridgehead atoms. The first-order valence-electron chi connectivity index (χ1n) is 6.17. The molecular formula is C16H17BrO2. The van der Waals surface area contributed by atoms with E-state index in [-0.39, 0.29) is 0 Å². The molecule has 0 aliphatic rings. The molecule has 2 aromatic rings. The summed E-state index contributed by atoms with van der Waals surface area (Å²) in [6, 6.07) is 13.7. The van der Waals surface area contributed by atoms with Crippen LogP contribution in [0.2, 0.25) is 0 Å². The molecule has 0 radical (unpaired) electrons. The van der Waals surface area contributed by atoms with E-state index in [1.54, 1.807) is 7.11 Å². The highest BCUT2D eigenvalue weighted by atomic mass is 79.9. The number of hydrogen-bond donors (Lipinski definition) is 1. The fraction of sp³-hybridized carbons (Fsp3) is 0.250. The minimum atomic E-state index is -0.500. The van der Waals surface area contributed by atoms with Gasteiger partial charge in [0.25, 0.3) is 0 Å². The lowest BCUT2D eigenvalue weighted by Crippen LogP contribution is -2.04. The summed E-state index contributed by atoms with van der Waals surface area (Å²) in [6.07, 6.45) is 0.0832. The van der Waals surface area contributed by atoms with Gasteiger partial charge < -0.3 is 9.84 Å². The molecule has 1 N–H and O–H groups in total. The zero-order valence-corrected chi connectivity index (χ0v) is 12.6. The molecule has 2 nitrogen and oxygen atoms in total. The number of aliphatic hydroxyl groups excluding tert-OH is 1. The summed E-state index contributed by atoms with van der Waals surface area (Å²) >= 11 is 3.43. The molecular weight excluding hydrogens is 304 g/mol. The lowest BCUT2D eigenvalue weighted by molar-refractivity contribution is 0.177. The van der Waals surface area contributed by atoms with Crippen LogP contribution in [-0.4, -0.2) is 12.2 Å². The Bertz CT molecular complexity index is 566. The topological polar surface area (TPSA) is 29.5 Å². The van der Waals surface area contributed by atoms with E-state index in [2.05, 4.69) is 15.9 Å². The molecule has 0 heterocycles. The average molecular weight is 321 g/mol. The Morgan fingerprint density at radius 3 is 2.68 bits per heavy atom. The third-order valence-corrected chi connectivity index (χ3v) is 3.65. The van der Waals surface area contributed by atoms with Gasteiger partial charge in [0, 0.05) is 10.9 Å². The highest BCUT2D eigenvalue weighted by Gasteiger charge is 2.11. The first-order valence-corrected chi connectivity index (χ1v) is 6.96. The summed E-state index contributed by atoms with van der Waals surface area (Å²) in [5.41, 5.74) is 3.12. The Morgan fingerprint density at radius 1 is 1.21 bits per heavy atom. The normalized spacial score (nSPS) is 12.2. The van der Waals surface area contributed by atoms with Crippen LogP contribution in [0.15, 0.2) is 46.9 Å². The molecule has 0 saturated carbocycles. The first-order chi connectivity index (χ1) is 9.10. The summed E-state index contributed by atoms with van der Waals surface area (Å²) in [7, 11) is 1.65. The minimum absolute atomic E-state index is 0.500. The molecule has 0 aromatic heterocycles. The van der Waals surface area contributed by atoms with Crippen LogP contribution in [0.4, 0.5) is 0 Å². The van der Waals surface area contributed by atoms with Gasteiger partial charge in [0.05, 0.1) is 13.2 Å². The Hall–Kier alpha value is -1.32. The standard InChI is InChI=1S/C16H17BrO2/c1-11-8-13(17)6-7-15(11)16(18)10-12-4-3-5-14(9-12)19-2/h3-9,16,18H,10H2,1-2H3. The fourth-order valence-electron chi connectivity index (χ4n) is 2.15. The van der Waals surface area contributed by atoms with Gasteiger partial charge in [-0.1, -0.05) is 34.1 Å². The van der Waals surface area contributed by atoms with Gasteiger partial charge in [-0.15, -0.1) is 0 Å². The van der Waals surface area contributed by atoms with Gasteiger partial charge >= 0.3 is 0 Å². The molecule has 1 unspecified atom stereocenters. The Balaban J connectivity index is 2.17. The van der Waals surface area contributed by atoms with E-state index in [1.165, 1.54) is 0 Å². The Morgan fingerprint density at radius 2 is 2.00 bits per heavy atom. The lowest BCUT2D eigenvalue weighted by Gasteiger charge is -2.14.